The highest BCUT2D eigenvalue weighted by Crippen LogP contribution is 2.33. The minimum atomic E-state index is -2.21. The zero-order chi connectivity index (χ0) is 33.9. The lowest BCUT2D eigenvalue weighted by molar-refractivity contribution is -0.340. The van der Waals surface area contributed by atoms with Crippen molar-refractivity contribution in [2.75, 3.05) is 6.61 Å². The van der Waals surface area contributed by atoms with Gasteiger partial charge in [0.15, 0.2) is 31.1 Å². The molecule has 21 nitrogen and oxygen atoms in total. The van der Waals surface area contributed by atoms with Crippen LogP contribution in [0.2, 0.25) is 0 Å². The van der Waals surface area contributed by atoms with E-state index in [0.29, 0.717) is 0 Å². The SMILES string of the molecule is CC(=O)N[C@@H]1[C@@H](O[C@H]2O[C@H](C(=O)O)[C@H](O)[C@H](O[C@H]3O[C@H](C(=O)O)[C@H](O)[C@H](O)[C@H]3NC(C)=O)[C@H]2NC(C)=O)[C@H](O)[C@@H](CO)O[C@@H]1O. The van der Waals surface area contributed by atoms with E-state index < -0.39 is 128 Å². The molecule has 0 aromatic heterocycles. The van der Waals surface area contributed by atoms with Crippen LogP contribution in [0.5, 0.6) is 0 Å². The van der Waals surface area contributed by atoms with Gasteiger partial charge in [-0.05, 0) is 0 Å². The molecular formula is C24H37N3O18. The van der Waals surface area contributed by atoms with Gasteiger partial charge in [-0.15, -0.1) is 0 Å². The Morgan fingerprint density at radius 1 is 0.600 bits per heavy atom. The van der Waals surface area contributed by atoms with Gasteiger partial charge in [-0.2, -0.15) is 0 Å². The predicted octanol–water partition coefficient (Wildman–Crippen LogP) is -6.96. The fraction of sp³-hybridized carbons (Fsp3) is 0.792. The van der Waals surface area contributed by atoms with Gasteiger partial charge in [-0.25, -0.2) is 9.59 Å². The van der Waals surface area contributed by atoms with Crippen LogP contribution < -0.4 is 16.0 Å². The number of rotatable bonds is 10. The topological polar surface area (TPSA) is 329 Å². The Morgan fingerprint density at radius 3 is 1.49 bits per heavy atom. The van der Waals surface area contributed by atoms with Crippen LogP contribution in [0.4, 0.5) is 0 Å². The number of ether oxygens (including phenoxy) is 5. The molecule has 45 heavy (non-hydrogen) atoms. The molecule has 0 aromatic carbocycles. The monoisotopic (exact) mass is 655 g/mol. The Labute approximate surface area is 253 Å². The van der Waals surface area contributed by atoms with E-state index >= 15 is 0 Å². The Morgan fingerprint density at radius 2 is 1.02 bits per heavy atom. The van der Waals surface area contributed by atoms with Crippen LogP contribution in [0.1, 0.15) is 20.8 Å². The van der Waals surface area contributed by atoms with Crippen LogP contribution in [-0.2, 0) is 47.7 Å². The maximum Gasteiger partial charge on any atom is 0.335 e. The molecule has 3 saturated heterocycles. The third-order valence-corrected chi connectivity index (χ3v) is 7.23. The normalized spacial score (nSPS) is 41.8. The standard InChI is InChI=1S/C24H37N3O18/c1-5(29)25-9-13(33)14(34)18(20(36)37)44-23(9)43-17-11(27-7(3)31)24(45-19(15(17)35)21(38)39)42-16-10(26-6(2)30)22(40)41-8(4-28)12(16)32/h8-19,22-24,28,32-35,40H,4H2,1-3H3,(H,25,29)(H,26,30)(H,27,31)(H,36,37)(H,38,39)/t8-,9-,10-,11-,12-,13-,14-,15-,16-,17-,18+,19+,22+,23+,24+/m1/s1. The van der Waals surface area contributed by atoms with Crippen molar-refractivity contribution in [3.8, 4) is 0 Å². The average molecular weight is 656 g/mol. The third-order valence-electron chi connectivity index (χ3n) is 7.23. The van der Waals surface area contributed by atoms with E-state index in [1.54, 1.807) is 0 Å². The van der Waals surface area contributed by atoms with E-state index in [0.717, 1.165) is 20.8 Å². The Hall–Kier alpha value is -3.09. The van der Waals surface area contributed by atoms with Crippen molar-refractivity contribution in [1.29, 1.82) is 0 Å². The van der Waals surface area contributed by atoms with E-state index in [-0.39, 0.29) is 0 Å². The number of hydrogen-bond acceptors (Lipinski definition) is 16. The largest absolute Gasteiger partial charge is 0.479 e. The predicted molar refractivity (Wildman–Crippen MR) is 137 cm³/mol. The van der Waals surface area contributed by atoms with E-state index in [2.05, 4.69) is 16.0 Å². The van der Waals surface area contributed by atoms with Crippen molar-refractivity contribution in [2.45, 2.75) is 113 Å². The van der Waals surface area contributed by atoms with E-state index in [4.69, 9.17) is 23.7 Å². The summed E-state index contributed by atoms with van der Waals surface area (Å²) in [7, 11) is 0. The quantitative estimate of drug-likeness (QED) is 0.104. The summed E-state index contributed by atoms with van der Waals surface area (Å²) in [5, 5.41) is 89.0. The number of carbonyl (C=O) groups is 5. The lowest BCUT2D eigenvalue weighted by Crippen LogP contribution is -2.72. The number of amides is 3. The molecule has 3 fully saturated rings. The summed E-state index contributed by atoms with van der Waals surface area (Å²) >= 11 is 0. The molecule has 0 bridgehead atoms. The average Bonchev–Trinajstić information content (AvgIpc) is 2.93. The Kier molecular flexibility index (Phi) is 12.1. The van der Waals surface area contributed by atoms with Crippen molar-refractivity contribution in [3.05, 3.63) is 0 Å². The Balaban J connectivity index is 2.06. The summed E-state index contributed by atoms with van der Waals surface area (Å²) in [4.78, 5) is 59.8. The smallest absolute Gasteiger partial charge is 0.335 e. The van der Waals surface area contributed by atoms with E-state index in [1.165, 1.54) is 0 Å². The summed E-state index contributed by atoms with van der Waals surface area (Å²) in [5.74, 6) is -5.94. The van der Waals surface area contributed by atoms with Crippen LogP contribution in [0.3, 0.4) is 0 Å². The highest BCUT2D eigenvalue weighted by molar-refractivity contribution is 5.76. The fourth-order valence-electron chi connectivity index (χ4n) is 5.24. The van der Waals surface area contributed by atoms with Gasteiger partial charge in [0.2, 0.25) is 17.7 Å². The van der Waals surface area contributed by atoms with Gasteiger partial charge in [0, 0.05) is 20.8 Å². The van der Waals surface area contributed by atoms with Crippen molar-refractivity contribution in [3.63, 3.8) is 0 Å². The molecule has 0 radical (unpaired) electrons. The maximum atomic E-state index is 12.3. The first-order chi connectivity index (χ1) is 21.0. The second kappa shape index (κ2) is 15.0. The summed E-state index contributed by atoms with van der Waals surface area (Å²) in [5.41, 5.74) is 0. The minimum absolute atomic E-state index is 0.735. The molecule has 0 unspecified atom stereocenters. The second-order valence-electron chi connectivity index (χ2n) is 10.6. The second-order valence-corrected chi connectivity index (χ2v) is 10.6. The van der Waals surface area contributed by atoms with Gasteiger partial charge in [-0.3, -0.25) is 14.4 Å². The summed E-state index contributed by atoms with van der Waals surface area (Å²) in [6.07, 6.45) is -23.6. The first-order valence-corrected chi connectivity index (χ1v) is 13.5. The molecule has 0 aliphatic carbocycles. The summed E-state index contributed by atoms with van der Waals surface area (Å²) in [6, 6.07) is -5.01. The van der Waals surface area contributed by atoms with Crippen molar-refractivity contribution in [1.82, 2.24) is 16.0 Å². The number of carboxylic acids is 2. The first-order valence-electron chi connectivity index (χ1n) is 13.5. The number of carboxylic acid groups (broad SMARTS) is 2. The molecule has 0 spiro atoms. The molecule has 3 heterocycles. The summed E-state index contributed by atoms with van der Waals surface area (Å²) < 4.78 is 27.4. The van der Waals surface area contributed by atoms with Crippen LogP contribution in [0.15, 0.2) is 0 Å². The van der Waals surface area contributed by atoms with Gasteiger partial charge < -0.3 is 80.5 Å². The number of aliphatic hydroxyl groups is 6. The van der Waals surface area contributed by atoms with E-state index in [9.17, 15) is 64.8 Å². The number of nitrogens with one attached hydrogen (secondary N) is 3. The van der Waals surface area contributed by atoms with Gasteiger partial charge in [0.1, 0.15) is 60.9 Å². The molecular weight excluding hydrogens is 618 g/mol. The highest BCUT2D eigenvalue weighted by atomic mass is 16.7. The van der Waals surface area contributed by atoms with Crippen LogP contribution in [0.25, 0.3) is 0 Å². The minimum Gasteiger partial charge on any atom is -0.479 e. The van der Waals surface area contributed by atoms with Crippen LogP contribution >= 0.6 is 0 Å². The number of carbonyl (C=O) groups excluding carboxylic acids is 3. The first kappa shape index (κ1) is 36.4. The fourth-order valence-corrected chi connectivity index (χ4v) is 5.24. The number of aliphatic carboxylic acids is 2. The van der Waals surface area contributed by atoms with Gasteiger partial charge >= 0.3 is 11.9 Å². The van der Waals surface area contributed by atoms with Crippen LogP contribution in [-0.4, -0.2) is 169 Å². The van der Waals surface area contributed by atoms with Crippen molar-refractivity contribution in [2.24, 2.45) is 0 Å². The van der Waals surface area contributed by atoms with Gasteiger partial charge in [0.05, 0.1) is 6.61 Å². The zero-order valence-corrected chi connectivity index (χ0v) is 24.0. The molecule has 0 aromatic rings. The molecule has 3 amide bonds. The molecule has 0 saturated carbocycles. The lowest BCUT2D eigenvalue weighted by Gasteiger charge is -2.49. The van der Waals surface area contributed by atoms with Crippen LogP contribution in [0, 0.1) is 0 Å². The highest BCUT2D eigenvalue weighted by Gasteiger charge is 2.56. The maximum absolute atomic E-state index is 12.3. The molecule has 3 aliphatic rings. The number of aliphatic hydroxyl groups excluding tert-OH is 6. The lowest BCUT2D eigenvalue weighted by atomic mass is 9.93. The van der Waals surface area contributed by atoms with Crippen molar-refractivity contribution >= 4 is 29.7 Å². The zero-order valence-electron chi connectivity index (χ0n) is 24.0. The number of hydrogen-bond donors (Lipinski definition) is 11. The molecule has 21 heteroatoms. The van der Waals surface area contributed by atoms with Gasteiger partial charge in [-0.1, -0.05) is 0 Å². The molecule has 15 atom stereocenters. The van der Waals surface area contributed by atoms with Crippen molar-refractivity contribution < 1.29 is 88.5 Å². The molecule has 3 rings (SSSR count). The molecule has 11 N–H and O–H groups in total. The van der Waals surface area contributed by atoms with Gasteiger partial charge in [0.25, 0.3) is 0 Å². The summed E-state index contributed by atoms with van der Waals surface area (Å²) in [6.45, 7) is 2.20. The molecule has 3 aliphatic heterocycles. The third kappa shape index (κ3) is 8.20. The molecule has 256 valence electrons. The van der Waals surface area contributed by atoms with E-state index in [1.807, 2.05) is 0 Å². The Bertz CT molecular complexity index is 1110.